The highest BCUT2D eigenvalue weighted by Crippen LogP contribution is 2.11. The molecule has 4 nitrogen and oxygen atoms in total. The molecule has 0 aliphatic heterocycles. The van der Waals surface area contributed by atoms with Gasteiger partial charge in [-0.15, -0.1) is 0 Å². The summed E-state index contributed by atoms with van der Waals surface area (Å²) >= 11 is 0. The van der Waals surface area contributed by atoms with Crippen molar-refractivity contribution < 1.29 is 0 Å². The molecule has 0 unspecified atom stereocenters. The van der Waals surface area contributed by atoms with E-state index in [1.165, 1.54) is 0 Å². The quantitative estimate of drug-likeness (QED) is 0.853. The largest absolute Gasteiger partial charge is 0.369 e. The van der Waals surface area contributed by atoms with Crippen LogP contribution in [0.3, 0.4) is 0 Å². The third-order valence-corrected chi connectivity index (χ3v) is 2.54. The summed E-state index contributed by atoms with van der Waals surface area (Å²) in [6.45, 7) is 2.78. The van der Waals surface area contributed by atoms with Gasteiger partial charge in [-0.25, -0.2) is 4.98 Å². The van der Waals surface area contributed by atoms with Gasteiger partial charge in [0.15, 0.2) is 5.82 Å². The van der Waals surface area contributed by atoms with Crippen LogP contribution in [0.4, 0.5) is 5.82 Å². The Labute approximate surface area is 93.9 Å². The average Bonchev–Trinajstić information content (AvgIpc) is 2.32. The molecule has 0 aliphatic carbocycles. The van der Waals surface area contributed by atoms with Crippen molar-refractivity contribution in [2.75, 3.05) is 12.4 Å². The van der Waals surface area contributed by atoms with E-state index in [4.69, 9.17) is 0 Å². The van der Waals surface area contributed by atoms with Gasteiger partial charge < -0.3 is 9.88 Å². The Hall–Kier alpha value is -1.84. The number of aromatic nitrogens is 2. The number of aryl methyl sites for hydroxylation is 1. The van der Waals surface area contributed by atoms with Gasteiger partial charge in [-0.1, -0.05) is 19.1 Å². The molecule has 0 aliphatic rings. The first-order valence-electron chi connectivity index (χ1n) is 5.45. The maximum atomic E-state index is 12.0. The highest BCUT2D eigenvalue weighted by Gasteiger charge is 2.08. The molecule has 0 atom stereocenters. The van der Waals surface area contributed by atoms with Crippen molar-refractivity contribution in [1.82, 2.24) is 9.55 Å². The van der Waals surface area contributed by atoms with E-state index in [2.05, 4.69) is 17.2 Å². The SMILES string of the molecule is CCCn1c(=O)c(NC)nc2ccccc21. The minimum absolute atomic E-state index is 0.0527. The van der Waals surface area contributed by atoms with E-state index in [0.717, 1.165) is 24.0 Å². The van der Waals surface area contributed by atoms with Crippen LogP contribution in [-0.2, 0) is 6.54 Å². The van der Waals surface area contributed by atoms with Crippen LogP contribution in [0.2, 0.25) is 0 Å². The van der Waals surface area contributed by atoms with Crippen molar-refractivity contribution >= 4 is 16.9 Å². The van der Waals surface area contributed by atoms with Crippen LogP contribution in [0.25, 0.3) is 11.0 Å². The van der Waals surface area contributed by atoms with Gasteiger partial charge in [0.1, 0.15) is 0 Å². The molecule has 0 fully saturated rings. The fourth-order valence-corrected chi connectivity index (χ4v) is 1.80. The van der Waals surface area contributed by atoms with E-state index in [1.807, 2.05) is 24.3 Å². The van der Waals surface area contributed by atoms with E-state index in [1.54, 1.807) is 11.6 Å². The molecule has 0 amide bonds. The van der Waals surface area contributed by atoms with Crippen LogP contribution in [0.5, 0.6) is 0 Å². The molecular weight excluding hydrogens is 202 g/mol. The third-order valence-electron chi connectivity index (χ3n) is 2.54. The van der Waals surface area contributed by atoms with Gasteiger partial charge in [-0.05, 0) is 18.6 Å². The molecule has 0 saturated carbocycles. The lowest BCUT2D eigenvalue weighted by atomic mass is 10.3. The number of benzene rings is 1. The second kappa shape index (κ2) is 4.35. The lowest BCUT2D eigenvalue weighted by molar-refractivity contribution is 0.676. The first kappa shape index (κ1) is 10.7. The molecule has 1 aromatic heterocycles. The molecule has 1 N–H and O–H groups in total. The van der Waals surface area contributed by atoms with Crippen molar-refractivity contribution in [1.29, 1.82) is 0 Å². The number of hydrogen-bond acceptors (Lipinski definition) is 3. The Bertz CT molecular complexity index is 560. The first-order valence-corrected chi connectivity index (χ1v) is 5.45. The Morgan fingerprint density at radius 3 is 2.81 bits per heavy atom. The number of nitrogens with one attached hydrogen (secondary N) is 1. The zero-order valence-electron chi connectivity index (χ0n) is 9.53. The minimum atomic E-state index is -0.0527. The molecule has 4 heteroatoms. The summed E-state index contributed by atoms with van der Waals surface area (Å²) in [5.74, 6) is 0.409. The van der Waals surface area contributed by atoms with Crippen molar-refractivity contribution in [3.05, 3.63) is 34.6 Å². The number of anilines is 1. The van der Waals surface area contributed by atoms with Gasteiger partial charge in [-0.2, -0.15) is 0 Å². The van der Waals surface area contributed by atoms with E-state index >= 15 is 0 Å². The first-order chi connectivity index (χ1) is 7.77. The Kier molecular flexibility index (Phi) is 2.90. The van der Waals surface area contributed by atoms with E-state index < -0.39 is 0 Å². The molecule has 1 aromatic carbocycles. The number of hydrogen-bond donors (Lipinski definition) is 1. The molecule has 0 saturated heterocycles. The molecule has 2 aromatic rings. The topological polar surface area (TPSA) is 46.9 Å². The van der Waals surface area contributed by atoms with Crippen molar-refractivity contribution in [3.8, 4) is 0 Å². The lowest BCUT2D eigenvalue weighted by Gasteiger charge is -2.10. The lowest BCUT2D eigenvalue weighted by Crippen LogP contribution is -2.24. The summed E-state index contributed by atoms with van der Waals surface area (Å²) in [5.41, 5.74) is 1.69. The van der Waals surface area contributed by atoms with Gasteiger partial charge in [0.25, 0.3) is 5.56 Å². The van der Waals surface area contributed by atoms with Crippen molar-refractivity contribution in [2.45, 2.75) is 19.9 Å². The molecule has 1 heterocycles. The van der Waals surface area contributed by atoms with Crippen LogP contribution >= 0.6 is 0 Å². The maximum Gasteiger partial charge on any atom is 0.293 e. The van der Waals surface area contributed by atoms with E-state index in [9.17, 15) is 4.79 Å². The zero-order chi connectivity index (χ0) is 11.5. The number of rotatable bonds is 3. The smallest absolute Gasteiger partial charge is 0.293 e. The van der Waals surface area contributed by atoms with Gasteiger partial charge >= 0.3 is 0 Å². The second-order valence-corrected chi connectivity index (χ2v) is 3.66. The van der Waals surface area contributed by atoms with E-state index in [0.29, 0.717) is 5.82 Å². The van der Waals surface area contributed by atoms with Crippen LogP contribution in [0, 0.1) is 0 Å². The van der Waals surface area contributed by atoms with Gasteiger partial charge in [0, 0.05) is 13.6 Å². The molecule has 2 rings (SSSR count). The second-order valence-electron chi connectivity index (χ2n) is 3.66. The molecule has 16 heavy (non-hydrogen) atoms. The third kappa shape index (κ3) is 1.66. The zero-order valence-corrected chi connectivity index (χ0v) is 9.53. The maximum absolute atomic E-state index is 12.0. The molecular formula is C12H15N3O. The van der Waals surface area contributed by atoms with Crippen LogP contribution in [-0.4, -0.2) is 16.6 Å². The fourth-order valence-electron chi connectivity index (χ4n) is 1.80. The molecule has 0 spiro atoms. The normalized spacial score (nSPS) is 10.6. The average molecular weight is 217 g/mol. The molecule has 0 radical (unpaired) electrons. The van der Waals surface area contributed by atoms with Crippen LogP contribution in [0.15, 0.2) is 29.1 Å². The monoisotopic (exact) mass is 217 g/mol. The van der Waals surface area contributed by atoms with Crippen LogP contribution < -0.4 is 10.9 Å². The van der Waals surface area contributed by atoms with Crippen LogP contribution in [0.1, 0.15) is 13.3 Å². The van der Waals surface area contributed by atoms with Gasteiger partial charge in [0.2, 0.25) is 0 Å². The minimum Gasteiger partial charge on any atom is -0.369 e. The Balaban J connectivity index is 2.80. The summed E-state index contributed by atoms with van der Waals surface area (Å²) in [6.07, 6.45) is 0.928. The van der Waals surface area contributed by atoms with Gasteiger partial charge in [-0.3, -0.25) is 4.79 Å². The highest BCUT2D eigenvalue weighted by atomic mass is 16.1. The predicted octanol–water partition coefficient (Wildman–Crippen LogP) is 1.85. The summed E-state index contributed by atoms with van der Waals surface area (Å²) < 4.78 is 1.77. The van der Waals surface area contributed by atoms with E-state index in [-0.39, 0.29) is 5.56 Å². The summed E-state index contributed by atoms with van der Waals surface area (Å²) in [6, 6.07) is 7.70. The van der Waals surface area contributed by atoms with Crippen molar-refractivity contribution in [2.24, 2.45) is 0 Å². The summed E-state index contributed by atoms with van der Waals surface area (Å²) in [7, 11) is 1.72. The van der Waals surface area contributed by atoms with Crippen molar-refractivity contribution in [3.63, 3.8) is 0 Å². The molecule has 0 bridgehead atoms. The summed E-state index contributed by atoms with van der Waals surface area (Å²) in [4.78, 5) is 16.3. The fraction of sp³-hybridized carbons (Fsp3) is 0.333. The standard InChI is InChI=1S/C12H15N3O/c1-3-8-15-10-7-5-4-6-9(10)14-11(13-2)12(15)16/h4-7H,3,8H2,1-2H3,(H,13,14). The highest BCUT2D eigenvalue weighted by molar-refractivity contribution is 5.76. The predicted molar refractivity (Wildman–Crippen MR) is 65.8 cm³/mol. The Morgan fingerprint density at radius 1 is 1.38 bits per heavy atom. The number of para-hydroxylation sites is 2. The Morgan fingerprint density at radius 2 is 2.12 bits per heavy atom. The molecule has 84 valence electrons. The van der Waals surface area contributed by atoms with Gasteiger partial charge in [0.05, 0.1) is 11.0 Å². The number of nitrogens with zero attached hydrogens (tertiary/aromatic N) is 2. The number of fused-ring (bicyclic) bond motifs is 1. The summed E-state index contributed by atoms with van der Waals surface area (Å²) in [5, 5.41) is 2.84.